The van der Waals surface area contributed by atoms with Crippen LogP contribution in [0.15, 0.2) is 385 Å². The molecule has 0 N–H and O–H groups in total. The van der Waals surface area contributed by atoms with Gasteiger partial charge in [0.25, 0.3) is 0 Å². The van der Waals surface area contributed by atoms with Crippen molar-refractivity contribution < 1.29 is 8.83 Å². The fraction of sp³-hybridized carbons (Fsp3) is 0. The van der Waals surface area contributed by atoms with Gasteiger partial charge in [0.1, 0.15) is 22.3 Å². The zero-order valence-electron chi connectivity index (χ0n) is 59.3. The second kappa shape index (κ2) is 26.6. The summed E-state index contributed by atoms with van der Waals surface area (Å²) in [6.07, 6.45) is 0. The fourth-order valence-electron chi connectivity index (χ4n) is 16.0. The lowest BCUT2D eigenvalue weighted by Gasteiger charge is -2.13. The van der Waals surface area contributed by atoms with Gasteiger partial charge in [0, 0.05) is 66.1 Å². The molecule has 0 radical (unpaired) electrons. The van der Waals surface area contributed by atoms with Gasteiger partial charge in [-0.15, -0.1) is 0 Å². The topological polar surface area (TPSA) is 104 Å². The number of hydrogen-bond donors (Lipinski definition) is 0. The molecular formula is C102H62N6O2. The van der Waals surface area contributed by atoms with E-state index < -0.39 is 0 Å². The molecule has 110 heavy (non-hydrogen) atoms. The number of para-hydroxylation sites is 2. The summed E-state index contributed by atoms with van der Waals surface area (Å²) in [5.74, 6) is 1.36. The summed E-state index contributed by atoms with van der Waals surface area (Å²) in [4.78, 5) is 31.1. The molecule has 16 aromatic carbocycles. The molecule has 22 aromatic rings. The quantitative estimate of drug-likeness (QED) is 0.125. The van der Waals surface area contributed by atoms with Crippen molar-refractivity contribution in [2.24, 2.45) is 0 Å². The van der Waals surface area contributed by atoms with Crippen LogP contribution in [0.25, 0.3) is 221 Å². The molecule has 0 saturated heterocycles. The molecule has 6 aromatic heterocycles. The second-order valence-electron chi connectivity index (χ2n) is 27.9. The van der Waals surface area contributed by atoms with E-state index in [9.17, 15) is 0 Å². The van der Waals surface area contributed by atoms with E-state index in [-0.39, 0.29) is 0 Å². The number of fused-ring (bicyclic) bond motifs is 16. The highest BCUT2D eigenvalue weighted by atomic mass is 16.3. The monoisotopic (exact) mass is 1400 g/mol. The zero-order chi connectivity index (χ0) is 72.6. The highest BCUT2D eigenvalue weighted by Crippen LogP contribution is 2.46. The average molecular weight is 1400 g/mol. The summed E-state index contributed by atoms with van der Waals surface area (Å²) in [6.45, 7) is 0. The number of rotatable bonds is 10. The maximum Gasteiger partial charge on any atom is 0.160 e. The molecule has 0 saturated carbocycles. The first kappa shape index (κ1) is 63.6. The minimum Gasteiger partial charge on any atom is -0.455 e. The summed E-state index contributed by atoms with van der Waals surface area (Å²) in [6, 6.07) is 131. The van der Waals surface area contributed by atoms with Crippen LogP contribution in [0, 0.1) is 0 Å². The maximum atomic E-state index is 6.65. The van der Waals surface area contributed by atoms with E-state index in [0.717, 1.165) is 155 Å². The Kier molecular flexibility index (Phi) is 15.4. The normalized spacial score (nSPS) is 11.6. The molecule has 512 valence electrons. The van der Waals surface area contributed by atoms with Gasteiger partial charge in [-0.25, -0.2) is 29.9 Å². The summed E-state index contributed by atoms with van der Waals surface area (Å²) < 4.78 is 13.3. The molecule has 6 heterocycles. The van der Waals surface area contributed by atoms with Gasteiger partial charge >= 0.3 is 0 Å². The van der Waals surface area contributed by atoms with Crippen LogP contribution in [0.4, 0.5) is 0 Å². The van der Waals surface area contributed by atoms with Crippen LogP contribution in [0.3, 0.4) is 0 Å². The smallest absolute Gasteiger partial charge is 0.160 e. The lowest BCUT2D eigenvalue weighted by atomic mass is 9.92. The zero-order valence-corrected chi connectivity index (χ0v) is 59.3. The van der Waals surface area contributed by atoms with Gasteiger partial charge in [0.15, 0.2) is 11.6 Å². The molecule has 0 atom stereocenters. The van der Waals surface area contributed by atoms with Crippen LogP contribution in [-0.2, 0) is 0 Å². The van der Waals surface area contributed by atoms with Gasteiger partial charge < -0.3 is 8.83 Å². The molecule has 0 unspecified atom stereocenters. The van der Waals surface area contributed by atoms with Crippen LogP contribution >= 0.6 is 0 Å². The number of hydrogen-bond acceptors (Lipinski definition) is 8. The van der Waals surface area contributed by atoms with E-state index in [4.69, 9.17) is 38.7 Å². The van der Waals surface area contributed by atoms with E-state index in [0.29, 0.717) is 11.6 Å². The maximum absolute atomic E-state index is 6.65. The number of nitrogens with zero attached hydrogens (tertiary/aromatic N) is 6. The standard InChI is InChI=1S/2C51H31N3O/c1-3-13-32(14-4-1)44-31-45(54-51(53-44)35-15-5-2-6-16-35)33-23-25-34(26-24-33)49-48-42-21-11-12-22-47(42)55-50(48)41-28-27-37(30-46(41)52-49)43-29-36-17-7-8-18-38(36)39-19-9-10-20-40(39)43;1-3-13-32(14-4-1)44-31-45(33-15-5-2-6-16-33)54-51(53-44)35-25-23-34(24-26-35)49-48-42-21-11-12-22-47(42)55-50(48)41-28-27-37(30-46(41)52-49)43-29-36-17-7-8-18-38(36)39-19-9-10-20-40(39)43/h2*1-31H. The highest BCUT2D eigenvalue weighted by molar-refractivity contribution is 6.22. The number of pyridine rings is 2. The molecule has 22 rings (SSSR count). The Morgan fingerprint density at radius 1 is 0.182 bits per heavy atom. The summed E-state index contributed by atoms with van der Waals surface area (Å²) in [7, 11) is 0. The van der Waals surface area contributed by atoms with Crippen molar-refractivity contribution in [3.63, 3.8) is 0 Å². The van der Waals surface area contributed by atoms with Crippen LogP contribution in [0.1, 0.15) is 0 Å². The molecule has 0 spiro atoms. The molecule has 8 nitrogen and oxygen atoms in total. The Labute approximate surface area is 632 Å². The van der Waals surface area contributed by atoms with Crippen molar-refractivity contribution in [2.75, 3.05) is 0 Å². The van der Waals surface area contributed by atoms with E-state index in [2.05, 4.69) is 279 Å². The molecule has 0 fully saturated rings. The predicted molar refractivity (Wildman–Crippen MR) is 454 cm³/mol. The van der Waals surface area contributed by atoms with Gasteiger partial charge in [-0.2, -0.15) is 0 Å². The summed E-state index contributed by atoms with van der Waals surface area (Å²) >= 11 is 0. The van der Waals surface area contributed by atoms with Gasteiger partial charge in [-0.05, 0) is 126 Å². The largest absolute Gasteiger partial charge is 0.455 e. The van der Waals surface area contributed by atoms with Crippen molar-refractivity contribution in [3.8, 4) is 113 Å². The first-order valence-corrected chi connectivity index (χ1v) is 37.0. The third-order valence-electron chi connectivity index (χ3n) is 21.3. The highest BCUT2D eigenvalue weighted by Gasteiger charge is 2.23. The molecule has 0 bridgehead atoms. The summed E-state index contributed by atoms with van der Waals surface area (Å²) in [5.41, 5.74) is 23.0. The Morgan fingerprint density at radius 3 is 0.873 bits per heavy atom. The third kappa shape index (κ3) is 11.2. The lowest BCUT2D eigenvalue weighted by Crippen LogP contribution is -1.96. The van der Waals surface area contributed by atoms with Crippen molar-refractivity contribution in [1.29, 1.82) is 0 Å². The van der Waals surface area contributed by atoms with Crippen LogP contribution in [0.5, 0.6) is 0 Å². The van der Waals surface area contributed by atoms with Crippen molar-refractivity contribution >= 4 is 109 Å². The predicted octanol–water partition coefficient (Wildman–Crippen LogP) is 27.1. The number of benzene rings is 16. The van der Waals surface area contributed by atoms with Crippen molar-refractivity contribution in [1.82, 2.24) is 29.9 Å². The molecular weight excluding hydrogens is 1340 g/mol. The second-order valence-corrected chi connectivity index (χ2v) is 27.9. The Hall–Kier alpha value is -14.9. The van der Waals surface area contributed by atoms with E-state index in [1.807, 2.05) is 97.1 Å². The first-order chi connectivity index (χ1) is 54.5. The number of furan rings is 2. The average Bonchev–Trinajstić information content (AvgIpc) is 1.36. The SMILES string of the molecule is c1ccc(-c2cc(-c3ccc(-c4nc5cc(-c6cc7ccccc7c7ccccc67)ccc5c5oc6ccccc6c45)cc3)nc(-c3ccccc3)n2)cc1.c1ccc(-c2cc(-c3ccccc3)nc(-c3ccc(-c4nc5cc(-c6cc7ccccc7c7ccccc67)ccc5c5oc6ccccc6c45)cc3)n2)cc1. The van der Waals surface area contributed by atoms with Crippen LogP contribution < -0.4 is 0 Å². The first-order valence-electron chi connectivity index (χ1n) is 37.0. The van der Waals surface area contributed by atoms with Gasteiger partial charge in [0.05, 0.1) is 56.0 Å². The minimum atomic E-state index is 0.671. The van der Waals surface area contributed by atoms with Gasteiger partial charge in [0.2, 0.25) is 0 Å². The van der Waals surface area contributed by atoms with E-state index >= 15 is 0 Å². The molecule has 0 aliphatic rings. The van der Waals surface area contributed by atoms with Crippen molar-refractivity contribution in [3.05, 3.63) is 376 Å². The number of aromatic nitrogens is 6. The third-order valence-corrected chi connectivity index (χ3v) is 21.3. The van der Waals surface area contributed by atoms with Crippen LogP contribution in [-0.4, -0.2) is 29.9 Å². The lowest BCUT2D eigenvalue weighted by molar-refractivity contribution is 0.672. The Bertz CT molecular complexity index is 6810. The van der Waals surface area contributed by atoms with Crippen LogP contribution in [0.2, 0.25) is 0 Å². The van der Waals surface area contributed by atoms with Gasteiger partial charge in [-0.3, -0.25) is 0 Å². The Balaban J connectivity index is 0.000000140. The summed E-state index contributed by atoms with van der Waals surface area (Å²) in [5, 5.41) is 15.9. The van der Waals surface area contributed by atoms with Crippen molar-refractivity contribution in [2.45, 2.75) is 0 Å². The Morgan fingerprint density at radius 2 is 0.473 bits per heavy atom. The minimum absolute atomic E-state index is 0.671. The molecule has 8 heteroatoms. The van der Waals surface area contributed by atoms with E-state index in [1.54, 1.807) is 0 Å². The van der Waals surface area contributed by atoms with Gasteiger partial charge in [-0.1, -0.05) is 315 Å². The molecule has 0 aliphatic heterocycles. The molecule has 0 aliphatic carbocycles. The van der Waals surface area contributed by atoms with E-state index in [1.165, 1.54) is 54.2 Å². The molecule has 0 amide bonds. The fourth-order valence-corrected chi connectivity index (χ4v) is 16.0.